The van der Waals surface area contributed by atoms with Crippen LogP contribution in [0.1, 0.15) is 139 Å². The molecule has 52 heavy (non-hydrogen) atoms. The van der Waals surface area contributed by atoms with Gasteiger partial charge in [-0.25, -0.2) is 0 Å². The molecule has 0 spiro atoms. The largest absolute Gasteiger partial charge is 3.00 e. The molecule has 0 heterocycles. The molecule has 0 aliphatic rings. The van der Waals surface area contributed by atoms with Crippen molar-refractivity contribution in [2.45, 2.75) is 157 Å². The summed E-state index contributed by atoms with van der Waals surface area (Å²) in [4.78, 5) is 69.0. The predicted octanol–water partition coefficient (Wildman–Crippen LogP) is 1.96. The Bertz CT molecular complexity index is 855. The van der Waals surface area contributed by atoms with Crippen molar-refractivity contribution in [2.75, 3.05) is 39.6 Å². The molecule has 0 aliphatic heterocycles. The average molecular weight is 825 g/mol. The Morgan fingerprint density at radius 1 is 0.346 bits per heavy atom. The number of carboxylic acid groups (broad SMARTS) is 3. The van der Waals surface area contributed by atoms with Crippen LogP contribution in [0.15, 0.2) is 0 Å². The maximum Gasteiger partial charge on any atom is 3.00 e. The van der Waals surface area contributed by atoms with Crippen molar-refractivity contribution in [1.82, 2.24) is 0 Å². The third kappa shape index (κ3) is 20.1. The number of ketones is 3. The zero-order valence-corrected chi connectivity index (χ0v) is 35.8. The van der Waals surface area contributed by atoms with Gasteiger partial charge in [0.1, 0.15) is 17.9 Å². The summed E-state index contributed by atoms with van der Waals surface area (Å²) in [5.41, 5.74) is 0. The van der Waals surface area contributed by atoms with E-state index >= 15 is 0 Å². The van der Waals surface area contributed by atoms with Crippen molar-refractivity contribution in [3.63, 3.8) is 0 Å². The Morgan fingerprint density at radius 2 is 0.500 bits per heavy atom. The number of hydrogen-bond donors (Lipinski definition) is 0. The number of ether oxygens (including phenoxy) is 6. The van der Waals surface area contributed by atoms with Crippen molar-refractivity contribution in [2.24, 2.45) is 0 Å². The van der Waals surface area contributed by atoms with E-state index in [1.165, 1.54) is 0 Å². The van der Waals surface area contributed by atoms with E-state index in [1.54, 1.807) is 20.8 Å². The molecule has 16 heteroatoms. The molecule has 15 nitrogen and oxygen atoms in total. The summed E-state index contributed by atoms with van der Waals surface area (Å²) in [6.07, 6.45) is 5.52. The topological polar surface area (TPSA) is 227 Å². The van der Waals surface area contributed by atoms with E-state index in [0.29, 0.717) is 57.8 Å². The fraction of sp³-hybridized carbons (Fsp3) is 0.833. The van der Waals surface area contributed by atoms with Crippen LogP contribution in [0.25, 0.3) is 0 Å². The third-order valence-corrected chi connectivity index (χ3v) is 6.40. The number of hydrogen-bond acceptors (Lipinski definition) is 15. The number of carboxylic acids is 3. The van der Waals surface area contributed by atoms with Crippen molar-refractivity contribution in [3.8, 4) is 0 Å². The van der Waals surface area contributed by atoms with Gasteiger partial charge in [0.15, 0.2) is 17.3 Å². The summed E-state index contributed by atoms with van der Waals surface area (Å²) >= 11 is 0. The third-order valence-electron chi connectivity index (χ3n) is 6.40. The zero-order chi connectivity index (χ0) is 39.9. The molecule has 0 radical (unpaired) electrons. The molecule has 0 rings (SSSR count). The Labute approximate surface area is 335 Å². The quantitative estimate of drug-likeness (QED) is 0.0745. The van der Waals surface area contributed by atoms with Gasteiger partial charge in [-0.3, -0.25) is 14.4 Å². The molecule has 0 fully saturated rings. The summed E-state index contributed by atoms with van der Waals surface area (Å²) in [5.74, 6) is -13.2. The minimum atomic E-state index is -2.22. The number of aliphatic carboxylic acids is 3. The molecule has 0 bridgehead atoms. The molecule has 0 unspecified atom stereocenters. The van der Waals surface area contributed by atoms with Crippen molar-refractivity contribution >= 4 is 35.3 Å². The molecular formula is C36H63O15Y. The fourth-order valence-corrected chi connectivity index (χ4v) is 3.95. The van der Waals surface area contributed by atoms with Crippen LogP contribution >= 0.6 is 0 Å². The molecule has 0 amide bonds. The van der Waals surface area contributed by atoms with Crippen molar-refractivity contribution in [3.05, 3.63) is 0 Å². The van der Waals surface area contributed by atoms with Gasteiger partial charge in [0.25, 0.3) is 17.4 Å². The molecule has 0 N–H and O–H groups in total. The summed E-state index contributed by atoms with van der Waals surface area (Å²) in [7, 11) is 0. The molecule has 0 saturated carbocycles. The number of carbonyl (C=O) groups is 6. The van der Waals surface area contributed by atoms with E-state index in [4.69, 9.17) is 28.4 Å². The smallest absolute Gasteiger partial charge is 0.544 e. The van der Waals surface area contributed by atoms with Gasteiger partial charge in [0.05, 0.1) is 39.6 Å². The maximum absolute atomic E-state index is 11.8. The zero-order valence-electron chi connectivity index (χ0n) is 32.9. The van der Waals surface area contributed by atoms with Gasteiger partial charge < -0.3 is 58.1 Å². The summed E-state index contributed by atoms with van der Waals surface area (Å²) in [6.45, 7) is 17.2. The summed E-state index contributed by atoms with van der Waals surface area (Å²) in [6, 6.07) is 0. The van der Waals surface area contributed by atoms with Crippen LogP contribution in [0.4, 0.5) is 0 Å². The van der Waals surface area contributed by atoms with Crippen LogP contribution in [-0.2, 0) is 89.9 Å². The Kier molecular flexibility index (Phi) is 37.1. The van der Waals surface area contributed by atoms with Gasteiger partial charge in [-0.2, -0.15) is 0 Å². The first kappa shape index (κ1) is 57.0. The van der Waals surface area contributed by atoms with E-state index < -0.39 is 52.6 Å². The van der Waals surface area contributed by atoms with Crippen LogP contribution in [0.5, 0.6) is 0 Å². The van der Waals surface area contributed by atoms with Crippen LogP contribution in [0.2, 0.25) is 0 Å². The molecule has 0 aromatic rings. The van der Waals surface area contributed by atoms with E-state index in [2.05, 4.69) is 0 Å². The second-order valence-corrected chi connectivity index (χ2v) is 11.3. The second kappa shape index (κ2) is 33.8. The normalized spacial score (nSPS) is 11.2. The first-order valence-corrected chi connectivity index (χ1v) is 18.2. The SMILES string of the molecule is CCCOC(OCCC)(C(=O)[O-])C(=O)CCC.CCCOC(OCCC)(C(=O)[O-])C(=O)CCC.CCCOC(OCCC)(C(=O)[O-])C(=O)CCC.[Y+3]. The molecule has 0 aromatic heterocycles. The number of Topliss-reactive ketones (excluding diaryl/α,β-unsaturated/α-hetero) is 3. The van der Waals surface area contributed by atoms with E-state index in [9.17, 15) is 44.1 Å². The number of carbonyl (C=O) groups excluding carboxylic acids is 6. The van der Waals surface area contributed by atoms with Gasteiger partial charge in [0.2, 0.25) is 0 Å². The minimum Gasteiger partial charge on any atom is -0.544 e. The molecule has 0 atom stereocenters. The summed E-state index contributed by atoms with van der Waals surface area (Å²) < 4.78 is 30.7. The van der Waals surface area contributed by atoms with Crippen molar-refractivity contribution in [1.29, 1.82) is 0 Å². The van der Waals surface area contributed by atoms with Crippen LogP contribution in [0.3, 0.4) is 0 Å². The van der Waals surface area contributed by atoms with E-state index in [1.807, 2.05) is 41.5 Å². The van der Waals surface area contributed by atoms with Gasteiger partial charge >= 0.3 is 32.7 Å². The molecular weight excluding hydrogens is 761 g/mol. The number of rotatable bonds is 30. The second-order valence-electron chi connectivity index (χ2n) is 11.3. The first-order valence-electron chi connectivity index (χ1n) is 18.2. The van der Waals surface area contributed by atoms with Crippen LogP contribution in [0, 0.1) is 0 Å². The van der Waals surface area contributed by atoms with Gasteiger partial charge in [-0.05, 0) is 57.8 Å². The Balaban J connectivity index is -0.000000329. The summed E-state index contributed by atoms with van der Waals surface area (Å²) in [5, 5.41) is 33.5. The van der Waals surface area contributed by atoms with Gasteiger partial charge in [0, 0.05) is 19.3 Å². The van der Waals surface area contributed by atoms with Gasteiger partial charge in [-0.15, -0.1) is 0 Å². The average Bonchev–Trinajstić information content (AvgIpc) is 3.09. The van der Waals surface area contributed by atoms with Crippen molar-refractivity contribution < 1.29 is 105 Å². The molecule has 0 aromatic carbocycles. The van der Waals surface area contributed by atoms with E-state index in [-0.39, 0.29) is 91.6 Å². The minimum absolute atomic E-state index is 0. The predicted molar refractivity (Wildman–Crippen MR) is 180 cm³/mol. The van der Waals surface area contributed by atoms with Crippen LogP contribution in [-0.4, -0.2) is 92.3 Å². The molecule has 300 valence electrons. The monoisotopic (exact) mass is 824 g/mol. The van der Waals surface area contributed by atoms with Gasteiger partial charge in [-0.1, -0.05) is 62.3 Å². The molecule has 0 aliphatic carbocycles. The Morgan fingerprint density at radius 3 is 0.596 bits per heavy atom. The maximum atomic E-state index is 11.8. The van der Waals surface area contributed by atoms with Crippen LogP contribution < -0.4 is 15.3 Å². The standard InChI is InChI=1S/3C12H22O5.Y/c3*1-4-7-10(13)12(11(14)15,16-8-5-2)17-9-6-3;/h3*4-9H2,1-3H3,(H,14,15);/q;;;+3/p-3. The Hall–Kier alpha value is -1.72. The first-order chi connectivity index (χ1) is 24.1. The fourth-order valence-electron chi connectivity index (χ4n) is 3.95. The van der Waals surface area contributed by atoms with E-state index in [0.717, 1.165) is 0 Å². The molecule has 0 saturated heterocycles.